The normalized spacial score (nSPS) is 12.0. The topological polar surface area (TPSA) is 29.5 Å². The maximum Gasteiger partial charge on any atom is 0.263 e. The molecule has 0 radical (unpaired) electrons. The molecule has 0 aliphatic carbocycles. The van der Waals surface area contributed by atoms with Crippen molar-refractivity contribution in [2.24, 2.45) is 0 Å². The fourth-order valence-corrected chi connectivity index (χ4v) is 3.67. The smallest absolute Gasteiger partial charge is 0.263 e. The quantitative estimate of drug-likeness (QED) is 0.712. The molecule has 0 fully saturated rings. The van der Waals surface area contributed by atoms with Crippen molar-refractivity contribution in [1.82, 2.24) is 4.90 Å². The van der Waals surface area contributed by atoms with Crippen LogP contribution in [0.5, 0.6) is 5.75 Å². The summed E-state index contributed by atoms with van der Waals surface area (Å²) >= 11 is 11.1. The summed E-state index contributed by atoms with van der Waals surface area (Å²) in [5, 5.41) is 2.51. The number of amides is 1. The van der Waals surface area contributed by atoms with Crippen LogP contribution < -0.4 is 4.74 Å². The first-order chi connectivity index (χ1) is 10.4. The average Bonchev–Trinajstić information content (AvgIpc) is 2.87. The van der Waals surface area contributed by atoms with Crippen LogP contribution in [0.15, 0.2) is 34.1 Å². The minimum atomic E-state index is -0.590. The van der Waals surface area contributed by atoms with Crippen LogP contribution in [0, 0.1) is 6.92 Å². The fraction of sp³-hybridized carbons (Fsp3) is 0.312. The highest BCUT2D eigenvalue weighted by atomic mass is 79.9. The molecular formula is C16H17BrClNO2S. The predicted octanol–water partition coefficient (Wildman–Crippen LogP) is 4.90. The monoisotopic (exact) mass is 401 g/mol. The second-order valence-electron chi connectivity index (χ2n) is 5.12. The van der Waals surface area contributed by atoms with Crippen molar-refractivity contribution in [3.05, 3.63) is 49.6 Å². The molecule has 0 N–H and O–H groups in total. The summed E-state index contributed by atoms with van der Waals surface area (Å²) in [5.74, 6) is 0.455. The summed E-state index contributed by atoms with van der Waals surface area (Å²) in [7, 11) is 1.77. The highest BCUT2D eigenvalue weighted by molar-refractivity contribution is 9.10. The summed E-state index contributed by atoms with van der Waals surface area (Å²) in [6.07, 6.45) is -0.590. The third-order valence-corrected chi connectivity index (χ3v) is 5.12. The zero-order chi connectivity index (χ0) is 16.3. The van der Waals surface area contributed by atoms with Gasteiger partial charge in [-0.25, -0.2) is 0 Å². The zero-order valence-electron chi connectivity index (χ0n) is 12.6. The van der Waals surface area contributed by atoms with E-state index in [2.05, 4.69) is 15.9 Å². The van der Waals surface area contributed by atoms with E-state index in [0.717, 1.165) is 14.9 Å². The maximum atomic E-state index is 12.4. The Kier molecular flexibility index (Phi) is 5.89. The Morgan fingerprint density at radius 1 is 1.45 bits per heavy atom. The Hall–Kier alpha value is -1.04. The van der Waals surface area contributed by atoms with Gasteiger partial charge >= 0.3 is 0 Å². The Labute approximate surface area is 148 Å². The standard InChI is InChI=1S/C16H17BrClNO2S/c1-10-4-5-14(18)15(6-10)21-11(2)16(20)19(3)8-13-7-12(17)9-22-13/h4-7,9,11H,8H2,1-3H3. The van der Waals surface area contributed by atoms with Gasteiger partial charge in [-0.05, 0) is 53.5 Å². The van der Waals surface area contributed by atoms with E-state index in [9.17, 15) is 4.79 Å². The first-order valence-electron chi connectivity index (χ1n) is 6.77. The summed E-state index contributed by atoms with van der Waals surface area (Å²) in [6.45, 7) is 4.25. The van der Waals surface area contributed by atoms with Crippen molar-refractivity contribution >= 4 is 44.8 Å². The van der Waals surface area contributed by atoms with Gasteiger partial charge < -0.3 is 9.64 Å². The SMILES string of the molecule is Cc1ccc(Cl)c(OC(C)C(=O)N(C)Cc2cc(Br)cs2)c1. The van der Waals surface area contributed by atoms with Gasteiger partial charge in [-0.1, -0.05) is 17.7 Å². The van der Waals surface area contributed by atoms with E-state index in [0.29, 0.717) is 17.3 Å². The molecule has 118 valence electrons. The lowest BCUT2D eigenvalue weighted by Gasteiger charge is -2.22. The van der Waals surface area contributed by atoms with E-state index < -0.39 is 6.10 Å². The number of ether oxygens (including phenoxy) is 1. The lowest BCUT2D eigenvalue weighted by molar-refractivity contribution is -0.137. The molecule has 1 aromatic carbocycles. The van der Waals surface area contributed by atoms with Gasteiger partial charge in [-0.2, -0.15) is 0 Å². The molecule has 1 amide bonds. The fourth-order valence-electron chi connectivity index (χ4n) is 2.00. The Balaban J connectivity index is 2.00. The van der Waals surface area contributed by atoms with E-state index in [1.807, 2.05) is 30.5 Å². The number of benzene rings is 1. The zero-order valence-corrected chi connectivity index (χ0v) is 15.8. The first kappa shape index (κ1) is 17.3. The van der Waals surface area contributed by atoms with Gasteiger partial charge in [0.15, 0.2) is 6.10 Å². The minimum absolute atomic E-state index is 0.0814. The van der Waals surface area contributed by atoms with Gasteiger partial charge in [-0.3, -0.25) is 4.79 Å². The largest absolute Gasteiger partial charge is 0.479 e. The number of carbonyl (C=O) groups is 1. The summed E-state index contributed by atoms with van der Waals surface area (Å²) < 4.78 is 6.75. The Morgan fingerprint density at radius 3 is 2.82 bits per heavy atom. The van der Waals surface area contributed by atoms with Crippen LogP contribution in [-0.2, 0) is 11.3 Å². The number of thiophene rings is 1. The Bertz CT molecular complexity index is 674. The highest BCUT2D eigenvalue weighted by Gasteiger charge is 2.20. The van der Waals surface area contributed by atoms with Crippen LogP contribution in [0.2, 0.25) is 5.02 Å². The first-order valence-corrected chi connectivity index (χ1v) is 8.82. The third-order valence-electron chi connectivity index (χ3n) is 3.13. The van der Waals surface area contributed by atoms with Gasteiger partial charge in [0, 0.05) is 21.8 Å². The molecule has 22 heavy (non-hydrogen) atoms. The number of halogens is 2. The van der Waals surface area contributed by atoms with E-state index in [-0.39, 0.29) is 5.91 Å². The van der Waals surface area contributed by atoms with Gasteiger partial charge in [0.25, 0.3) is 5.91 Å². The molecule has 0 saturated carbocycles. The second-order valence-corrected chi connectivity index (χ2v) is 7.44. The molecule has 0 aliphatic heterocycles. The number of hydrogen-bond donors (Lipinski definition) is 0. The number of rotatable bonds is 5. The number of aryl methyl sites for hydroxylation is 1. The summed E-state index contributed by atoms with van der Waals surface area (Å²) in [5.41, 5.74) is 1.04. The van der Waals surface area contributed by atoms with Gasteiger partial charge in [0.1, 0.15) is 5.75 Å². The van der Waals surface area contributed by atoms with Crippen molar-refractivity contribution in [2.75, 3.05) is 7.05 Å². The number of nitrogens with zero attached hydrogens (tertiary/aromatic N) is 1. The van der Waals surface area contributed by atoms with E-state index >= 15 is 0 Å². The van der Waals surface area contributed by atoms with E-state index in [1.54, 1.807) is 36.3 Å². The van der Waals surface area contributed by atoms with Crippen molar-refractivity contribution in [2.45, 2.75) is 26.5 Å². The van der Waals surface area contributed by atoms with Crippen LogP contribution in [0.1, 0.15) is 17.4 Å². The molecule has 6 heteroatoms. The summed E-state index contributed by atoms with van der Waals surface area (Å²) in [4.78, 5) is 15.2. The minimum Gasteiger partial charge on any atom is -0.479 e. The second kappa shape index (κ2) is 7.49. The van der Waals surface area contributed by atoms with Gasteiger partial charge in [0.2, 0.25) is 0 Å². The van der Waals surface area contributed by atoms with Crippen molar-refractivity contribution < 1.29 is 9.53 Å². The van der Waals surface area contributed by atoms with Gasteiger partial charge in [-0.15, -0.1) is 11.3 Å². The van der Waals surface area contributed by atoms with Crippen LogP contribution >= 0.6 is 38.9 Å². The van der Waals surface area contributed by atoms with Crippen molar-refractivity contribution in [1.29, 1.82) is 0 Å². The van der Waals surface area contributed by atoms with E-state index in [4.69, 9.17) is 16.3 Å². The molecule has 0 saturated heterocycles. The molecule has 0 bridgehead atoms. The molecule has 1 aromatic heterocycles. The molecule has 1 unspecified atom stereocenters. The van der Waals surface area contributed by atoms with Crippen molar-refractivity contribution in [3.8, 4) is 5.75 Å². The lowest BCUT2D eigenvalue weighted by Crippen LogP contribution is -2.37. The molecule has 0 aliphatic rings. The third kappa shape index (κ3) is 4.48. The lowest BCUT2D eigenvalue weighted by atomic mass is 10.2. The highest BCUT2D eigenvalue weighted by Crippen LogP contribution is 2.27. The summed E-state index contributed by atoms with van der Waals surface area (Å²) in [6, 6.07) is 7.53. The van der Waals surface area contributed by atoms with Crippen LogP contribution in [0.25, 0.3) is 0 Å². The van der Waals surface area contributed by atoms with Crippen LogP contribution in [0.4, 0.5) is 0 Å². The van der Waals surface area contributed by atoms with E-state index in [1.165, 1.54) is 0 Å². The molecule has 1 atom stereocenters. The van der Waals surface area contributed by atoms with Crippen LogP contribution in [-0.4, -0.2) is 24.0 Å². The molecular weight excluding hydrogens is 386 g/mol. The van der Waals surface area contributed by atoms with Crippen molar-refractivity contribution in [3.63, 3.8) is 0 Å². The predicted molar refractivity (Wildman–Crippen MR) is 94.8 cm³/mol. The Morgan fingerprint density at radius 2 is 2.18 bits per heavy atom. The number of carbonyl (C=O) groups excluding carboxylic acids is 1. The number of likely N-dealkylation sites (N-methyl/N-ethyl adjacent to an activating group) is 1. The number of hydrogen-bond acceptors (Lipinski definition) is 3. The van der Waals surface area contributed by atoms with Gasteiger partial charge in [0.05, 0.1) is 11.6 Å². The molecule has 2 rings (SSSR count). The average molecular weight is 403 g/mol. The molecule has 1 heterocycles. The van der Waals surface area contributed by atoms with Crippen LogP contribution in [0.3, 0.4) is 0 Å². The molecule has 2 aromatic rings. The molecule has 0 spiro atoms. The maximum absolute atomic E-state index is 12.4. The molecule has 3 nitrogen and oxygen atoms in total.